The largest absolute Gasteiger partial charge is 0.476 e. The predicted molar refractivity (Wildman–Crippen MR) is 81.2 cm³/mol. The van der Waals surface area contributed by atoms with Crippen molar-refractivity contribution in [3.8, 4) is 5.88 Å². The van der Waals surface area contributed by atoms with Gasteiger partial charge in [0.25, 0.3) is 0 Å². The number of hydrogen-bond donors (Lipinski definition) is 1. The summed E-state index contributed by atoms with van der Waals surface area (Å²) in [6.45, 7) is 9.97. The molecule has 0 spiro atoms. The smallest absolute Gasteiger partial charge is 0.237 e. The number of nitrogens with one attached hydrogen (secondary N) is 1. The average Bonchev–Trinajstić information content (AvgIpc) is 2.47. The molecule has 0 amide bonds. The van der Waals surface area contributed by atoms with E-state index in [1.165, 1.54) is 0 Å². The van der Waals surface area contributed by atoms with Crippen molar-refractivity contribution < 1.29 is 9.47 Å². The van der Waals surface area contributed by atoms with Crippen LogP contribution in [0.4, 0.5) is 5.69 Å². The first-order valence-corrected chi connectivity index (χ1v) is 7.61. The summed E-state index contributed by atoms with van der Waals surface area (Å²) in [5, 5.41) is 3.59. The molecule has 112 valence electrons. The van der Waals surface area contributed by atoms with Gasteiger partial charge in [-0.15, -0.1) is 0 Å². The van der Waals surface area contributed by atoms with Crippen molar-refractivity contribution in [1.82, 2.24) is 4.98 Å². The number of anilines is 1. The highest BCUT2D eigenvalue weighted by Gasteiger charge is 2.51. The Balaban J connectivity index is 2.07. The average molecular weight is 278 g/mol. The van der Waals surface area contributed by atoms with Crippen LogP contribution in [0.2, 0.25) is 0 Å². The van der Waals surface area contributed by atoms with Gasteiger partial charge in [-0.1, -0.05) is 13.8 Å². The van der Waals surface area contributed by atoms with E-state index in [2.05, 4.69) is 31.1 Å². The summed E-state index contributed by atoms with van der Waals surface area (Å²) in [4.78, 5) is 4.29. The molecule has 1 N–H and O–H groups in total. The van der Waals surface area contributed by atoms with E-state index in [9.17, 15) is 0 Å². The summed E-state index contributed by atoms with van der Waals surface area (Å²) in [5.74, 6) is 0.688. The molecule has 4 heteroatoms. The zero-order valence-corrected chi connectivity index (χ0v) is 13.0. The van der Waals surface area contributed by atoms with Crippen LogP contribution in [0.1, 0.15) is 40.5 Å². The van der Waals surface area contributed by atoms with Gasteiger partial charge in [0.15, 0.2) is 0 Å². The number of pyridine rings is 1. The zero-order valence-electron chi connectivity index (χ0n) is 13.0. The summed E-state index contributed by atoms with van der Waals surface area (Å²) in [5.41, 5.74) is 1.16. The van der Waals surface area contributed by atoms with Gasteiger partial charge in [0.2, 0.25) is 5.88 Å². The fraction of sp³-hybridized carbons (Fsp3) is 0.688. The van der Waals surface area contributed by atoms with Crippen LogP contribution in [0.5, 0.6) is 5.88 Å². The molecule has 0 aliphatic heterocycles. The van der Waals surface area contributed by atoms with Crippen LogP contribution in [-0.2, 0) is 4.74 Å². The van der Waals surface area contributed by atoms with Crippen molar-refractivity contribution in [3.63, 3.8) is 0 Å². The van der Waals surface area contributed by atoms with Crippen LogP contribution in [0.15, 0.2) is 18.3 Å². The van der Waals surface area contributed by atoms with Gasteiger partial charge >= 0.3 is 0 Å². The molecule has 0 bridgehead atoms. The molecular formula is C16H26N2O2. The van der Waals surface area contributed by atoms with Gasteiger partial charge in [0.05, 0.1) is 18.4 Å². The molecule has 1 saturated carbocycles. The van der Waals surface area contributed by atoms with E-state index in [0.717, 1.165) is 25.1 Å². The van der Waals surface area contributed by atoms with Gasteiger partial charge in [0, 0.05) is 24.3 Å². The molecule has 2 rings (SSSR count). The van der Waals surface area contributed by atoms with Gasteiger partial charge in [-0.3, -0.25) is 0 Å². The third-order valence-corrected chi connectivity index (χ3v) is 4.49. The van der Waals surface area contributed by atoms with Crippen LogP contribution in [0.3, 0.4) is 0 Å². The number of hydrogen-bond acceptors (Lipinski definition) is 4. The number of aromatic nitrogens is 1. The third kappa shape index (κ3) is 2.75. The molecule has 1 aliphatic rings. The maximum atomic E-state index is 5.84. The Labute approximate surface area is 121 Å². The summed E-state index contributed by atoms with van der Waals surface area (Å²) >= 11 is 0. The Morgan fingerprint density at radius 3 is 2.80 bits per heavy atom. The van der Waals surface area contributed by atoms with E-state index >= 15 is 0 Å². The Bertz CT molecular complexity index is 438. The van der Waals surface area contributed by atoms with Crippen molar-refractivity contribution in [2.24, 2.45) is 5.41 Å². The molecule has 1 fully saturated rings. The molecule has 0 radical (unpaired) electrons. The zero-order chi connectivity index (χ0) is 14.6. The van der Waals surface area contributed by atoms with Crippen molar-refractivity contribution in [3.05, 3.63) is 18.3 Å². The topological polar surface area (TPSA) is 43.4 Å². The summed E-state index contributed by atoms with van der Waals surface area (Å²) in [7, 11) is 0. The van der Waals surface area contributed by atoms with Gasteiger partial charge in [-0.05, 0) is 38.8 Å². The van der Waals surface area contributed by atoms with Gasteiger partial charge in [0.1, 0.15) is 0 Å². The minimum absolute atomic E-state index is 0.176. The minimum atomic E-state index is 0.176. The van der Waals surface area contributed by atoms with Crippen molar-refractivity contribution >= 4 is 5.69 Å². The molecule has 0 aromatic carbocycles. The Morgan fingerprint density at radius 1 is 1.35 bits per heavy atom. The Morgan fingerprint density at radius 2 is 2.15 bits per heavy atom. The van der Waals surface area contributed by atoms with Crippen LogP contribution < -0.4 is 10.1 Å². The molecule has 1 aromatic heterocycles. The van der Waals surface area contributed by atoms with Crippen LogP contribution in [0, 0.1) is 5.41 Å². The quantitative estimate of drug-likeness (QED) is 0.829. The van der Waals surface area contributed by atoms with Crippen molar-refractivity contribution in [2.75, 3.05) is 18.5 Å². The Kier molecular flexibility index (Phi) is 4.86. The molecule has 1 heterocycles. The minimum Gasteiger partial charge on any atom is -0.476 e. The summed E-state index contributed by atoms with van der Waals surface area (Å²) < 4.78 is 11.4. The van der Waals surface area contributed by atoms with Crippen molar-refractivity contribution in [2.45, 2.75) is 52.7 Å². The first-order valence-electron chi connectivity index (χ1n) is 7.61. The number of nitrogens with zero attached hydrogens (tertiary/aromatic N) is 1. The summed E-state index contributed by atoms with van der Waals surface area (Å²) in [6.07, 6.45) is 4.25. The molecule has 1 aliphatic carbocycles. The SMILES string of the molecule is CCOc1ncccc1NC1CC(OCC)C1(C)CC. The van der Waals surface area contributed by atoms with E-state index < -0.39 is 0 Å². The normalized spacial score (nSPS) is 28.8. The third-order valence-electron chi connectivity index (χ3n) is 4.49. The first-order chi connectivity index (χ1) is 9.65. The second kappa shape index (κ2) is 6.44. The lowest BCUT2D eigenvalue weighted by Gasteiger charge is -2.53. The molecule has 4 nitrogen and oxygen atoms in total. The van der Waals surface area contributed by atoms with Crippen LogP contribution in [0.25, 0.3) is 0 Å². The molecule has 20 heavy (non-hydrogen) atoms. The number of ether oxygens (including phenoxy) is 2. The second-order valence-electron chi connectivity index (χ2n) is 5.53. The fourth-order valence-electron chi connectivity index (χ4n) is 2.91. The van der Waals surface area contributed by atoms with Gasteiger partial charge in [-0.2, -0.15) is 0 Å². The van der Waals surface area contributed by atoms with Crippen LogP contribution >= 0.6 is 0 Å². The highest BCUT2D eigenvalue weighted by Crippen LogP contribution is 2.47. The van der Waals surface area contributed by atoms with Gasteiger partial charge < -0.3 is 14.8 Å². The van der Waals surface area contributed by atoms with E-state index in [0.29, 0.717) is 24.6 Å². The van der Waals surface area contributed by atoms with Gasteiger partial charge in [-0.25, -0.2) is 4.98 Å². The lowest BCUT2D eigenvalue weighted by atomic mass is 9.61. The van der Waals surface area contributed by atoms with E-state index in [-0.39, 0.29) is 5.41 Å². The molecule has 3 unspecified atom stereocenters. The lowest BCUT2D eigenvalue weighted by Crippen LogP contribution is -2.59. The molecule has 0 saturated heterocycles. The Hall–Kier alpha value is -1.29. The van der Waals surface area contributed by atoms with E-state index in [1.807, 2.05) is 19.1 Å². The number of rotatable bonds is 7. The highest BCUT2D eigenvalue weighted by molar-refractivity contribution is 5.53. The standard InChI is InChI=1S/C16H26N2O2/c1-5-16(4)13(11-14(16)19-6-2)18-12-9-8-10-17-15(12)20-7-3/h8-10,13-14,18H,5-7,11H2,1-4H3. The second-order valence-corrected chi connectivity index (χ2v) is 5.53. The monoisotopic (exact) mass is 278 g/mol. The fourth-order valence-corrected chi connectivity index (χ4v) is 2.91. The predicted octanol–water partition coefficient (Wildman–Crippen LogP) is 3.49. The van der Waals surface area contributed by atoms with Crippen molar-refractivity contribution in [1.29, 1.82) is 0 Å². The van der Waals surface area contributed by atoms with E-state index in [1.54, 1.807) is 6.20 Å². The molecule has 3 atom stereocenters. The van der Waals surface area contributed by atoms with Crippen LogP contribution in [-0.4, -0.2) is 30.3 Å². The highest BCUT2D eigenvalue weighted by atomic mass is 16.5. The van der Waals surface area contributed by atoms with E-state index in [4.69, 9.17) is 9.47 Å². The molecular weight excluding hydrogens is 252 g/mol. The lowest BCUT2D eigenvalue weighted by molar-refractivity contribution is -0.109. The maximum absolute atomic E-state index is 5.84. The maximum Gasteiger partial charge on any atom is 0.237 e. The summed E-state index contributed by atoms with van der Waals surface area (Å²) in [6, 6.07) is 4.38. The molecule has 1 aromatic rings. The first kappa shape index (κ1) is 15.1.